The summed E-state index contributed by atoms with van der Waals surface area (Å²) in [6, 6.07) is 7.67. The first kappa shape index (κ1) is 18.3. The quantitative estimate of drug-likeness (QED) is 0.617. The molecule has 6 heteroatoms. The fourth-order valence-corrected chi connectivity index (χ4v) is 2.89. The highest BCUT2D eigenvalue weighted by Gasteiger charge is 2.10. The summed E-state index contributed by atoms with van der Waals surface area (Å²) in [4.78, 5) is 21.0. The maximum Gasteiger partial charge on any atom is 0.220 e. The molecule has 2 rings (SSSR count). The van der Waals surface area contributed by atoms with Crippen molar-refractivity contribution in [3.8, 4) is 5.75 Å². The van der Waals surface area contributed by atoms with Crippen molar-refractivity contribution < 1.29 is 9.53 Å². The minimum Gasteiger partial charge on any atom is -0.497 e. The number of ether oxygens (including phenoxy) is 1. The Balaban J connectivity index is 1.87. The molecule has 128 valence electrons. The molecule has 0 radical (unpaired) electrons. The molecule has 0 aliphatic heterocycles. The first-order chi connectivity index (χ1) is 11.5. The van der Waals surface area contributed by atoms with Crippen LogP contribution in [0.25, 0.3) is 0 Å². The van der Waals surface area contributed by atoms with Gasteiger partial charge in [0.1, 0.15) is 5.75 Å². The van der Waals surface area contributed by atoms with Gasteiger partial charge in [-0.3, -0.25) is 4.79 Å². The van der Waals surface area contributed by atoms with Crippen molar-refractivity contribution in [1.82, 2.24) is 15.3 Å². The summed E-state index contributed by atoms with van der Waals surface area (Å²) in [5.41, 5.74) is 4.01. The van der Waals surface area contributed by atoms with E-state index in [4.69, 9.17) is 4.74 Å². The first-order valence-electron chi connectivity index (χ1n) is 7.81. The van der Waals surface area contributed by atoms with Gasteiger partial charge in [-0.15, -0.1) is 0 Å². The van der Waals surface area contributed by atoms with E-state index in [0.29, 0.717) is 19.4 Å². The van der Waals surface area contributed by atoms with Crippen LogP contribution in [-0.2, 0) is 17.8 Å². The lowest BCUT2D eigenvalue weighted by Gasteiger charge is -2.10. The molecule has 0 aliphatic carbocycles. The molecule has 0 saturated heterocycles. The van der Waals surface area contributed by atoms with Crippen LogP contribution in [0.3, 0.4) is 0 Å². The number of carbonyl (C=O) groups is 1. The number of carbonyl (C=O) groups excluding carboxylic acids is 1. The summed E-state index contributed by atoms with van der Waals surface area (Å²) < 4.78 is 5.12. The molecule has 0 unspecified atom stereocenters. The first-order valence-corrected chi connectivity index (χ1v) is 9.03. The van der Waals surface area contributed by atoms with Crippen molar-refractivity contribution in [2.75, 3.05) is 13.4 Å². The van der Waals surface area contributed by atoms with Gasteiger partial charge in [-0.05, 0) is 49.8 Å². The molecular weight excluding hydrogens is 322 g/mol. The van der Waals surface area contributed by atoms with Crippen LogP contribution in [0, 0.1) is 13.8 Å². The molecule has 24 heavy (non-hydrogen) atoms. The van der Waals surface area contributed by atoms with E-state index < -0.39 is 0 Å². The molecule has 5 nitrogen and oxygen atoms in total. The summed E-state index contributed by atoms with van der Waals surface area (Å²) in [6.45, 7) is 4.46. The molecule has 0 atom stereocenters. The van der Waals surface area contributed by atoms with Gasteiger partial charge in [-0.1, -0.05) is 23.9 Å². The van der Waals surface area contributed by atoms with Crippen molar-refractivity contribution in [3.05, 3.63) is 46.8 Å². The van der Waals surface area contributed by atoms with E-state index in [1.165, 1.54) is 11.8 Å². The number of methoxy groups -OCH3 is 1. The van der Waals surface area contributed by atoms with Crippen LogP contribution in [0.4, 0.5) is 0 Å². The van der Waals surface area contributed by atoms with Gasteiger partial charge in [-0.25, -0.2) is 9.97 Å². The maximum absolute atomic E-state index is 12.1. The predicted octanol–water partition coefficient (Wildman–Crippen LogP) is 3.07. The molecule has 0 fully saturated rings. The van der Waals surface area contributed by atoms with Crippen LogP contribution < -0.4 is 10.1 Å². The van der Waals surface area contributed by atoms with E-state index in [1.807, 2.05) is 44.4 Å². The zero-order chi connectivity index (χ0) is 17.5. The van der Waals surface area contributed by atoms with Crippen LogP contribution in [-0.4, -0.2) is 29.2 Å². The largest absolute Gasteiger partial charge is 0.497 e. The lowest BCUT2D eigenvalue weighted by atomic mass is 10.1. The van der Waals surface area contributed by atoms with Crippen molar-refractivity contribution >= 4 is 17.7 Å². The third kappa shape index (κ3) is 4.96. The average Bonchev–Trinajstić information content (AvgIpc) is 2.59. The molecule has 1 heterocycles. The molecule has 1 aromatic heterocycles. The highest BCUT2D eigenvalue weighted by Crippen LogP contribution is 2.17. The smallest absolute Gasteiger partial charge is 0.220 e. The molecule has 1 aromatic carbocycles. The summed E-state index contributed by atoms with van der Waals surface area (Å²) in [5.74, 6) is 0.836. The van der Waals surface area contributed by atoms with E-state index >= 15 is 0 Å². The van der Waals surface area contributed by atoms with Crippen molar-refractivity contribution in [2.45, 2.75) is 38.4 Å². The second kappa shape index (κ2) is 8.68. The average molecular weight is 345 g/mol. The molecule has 1 N–H and O–H groups in total. The van der Waals surface area contributed by atoms with E-state index in [2.05, 4.69) is 15.3 Å². The molecule has 1 amide bonds. The van der Waals surface area contributed by atoms with Gasteiger partial charge in [0.2, 0.25) is 5.91 Å². The molecule has 0 spiro atoms. The summed E-state index contributed by atoms with van der Waals surface area (Å²) in [5, 5.41) is 3.72. The lowest BCUT2D eigenvalue weighted by Crippen LogP contribution is -2.23. The van der Waals surface area contributed by atoms with Gasteiger partial charge in [-0.2, -0.15) is 0 Å². The van der Waals surface area contributed by atoms with Crippen molar-refractivity contribution in [2.24, 2.45) is 0 Å². The Labute approximate surface area is 147 Å². The van der Waals surface area contributed by atoms with Gasteiger partial charge in [0.05, 0.1) is 7.11 Å². The molecule has 2 aromatic rings. The van der Waals surface area contributed by atoms with Crippen LogP contribution in [0.1, 0.15) is 28.9 Å². The van der Waals surface area contributed by atoms with Crippen LogP contribution in [0.15, 0.2) is 29.4 Å². The van der Waals surface area contributed by atoms with Gasteiger partial charge in [0, 0.05) is 24.4 Å². The Hall–Kier alpha value is -2.08. The molecule has 0 bridgehead atoms. The standard InChI is InChI=1S/C18H23N3O2S/c1-12-16(13(2)21-18(20-12)24-4)9-10-17(22)19-11-14-5-7-15(23-3)8-6-14/h5-8H,9-11H2,1-4H3,(H,19,22). The fraction of sp³-hybridized carbons (Fsp3) is 0.389. The molecular formula is C18H23N3O2S. The third-order valence-electron chi connectivity index (χ3n) is 3.83. The summed E-state index contributed by atoms with van der Waals surface area (Å²) in [7, 11) is 1.64. The number of rotatable bonds is 7. The number of nitrogens with zero attached hydrogens (tertiary/aromatic N) is 2. The Kier molecular flexibility index (Phi) is 6.61. The van der Waals surface area contributed by atoms with E-state index in [1.54, 1.807) is 7.11 Å². The highest BCUT2D eigenvalue weighted by molar-refractivity contribution is 7.98. The Morgan fingerprint density at radius 2 is 1.79 bits per heavy atom. The van der Waals surface area contributed by atoms with E-state index in [-0.39, 0.29) is 5.91 Å². The van der Waals surface area contributed by atoms with E-state index in [9.17, 15) is 4.79 Å². The number of aryl methyl sites for hydroxylation is 2. The zero-order valence-electron chi connectivity index (χ0n) is 14.5. The van der Waals surface area contributed by atoms with Crippen molar-refractivity contribution in [1.29, 1.82) is 0 Å². The minimum atomic E-state index is 0.0264. The number of nitrogens with one attached hydrogen (secondary N) is 1. The number of amides is 1. The van der Waals surface area contributed by atoms with Gasteiger partial charge >= 0.3 is 0 Å². The SMILES string of the molecule is COc1ccc(CNC(=O)CCc2c(C)nc(SC)nc2C)cc1. The Morgan fingerprint density at radius 1 is 1.17 bits per heavy atom. The Morgan fingerprint density at radius 3 is 2.33 bits per heavy atom. The molecule has 0 saturated carbocycles. The second-order valence-corrected chi connectivity index (χ2v) is 6.26. The highest BCUT2D eigenvalue weighted by atomic mass is 32.2. The summed E-state index contributed by atoms with van der Waals surface area (Å²) >= 11 is 1.53. The fourth-order valence-electron chi connectivity index (χ4n) is 2.43. The number of benzene rings is 1. The van der Waals surface area contributed by atoms with Crippen molar-refractivity contribution in [3.63, 3.8) is 0 Å². The van der Waals surface area contributed by atoms with Crippen LogP contribution >= 0.6 is 11.8 Å². The number of hydrogen-bond acceptors (Lipinski definition) is 5. The maximum atomic E-state index is 12.1. The lowest BCUT2D eigenvalue weighted by molar-refractivity contribution is -0.121. The summed E-state index contributed by atoms with van der Waals surface area (Å²) in [6.07, 6.45) is 3.04. The van der Waals surface area contributed by atoms with Crippen LogP contribution in [0.2, 0.25) is 0 Å². The molecule has 0 aliphatic rings. The minimum absolute atomic E-state index is 0.0264. The monoisotopic (exact) mass is 345 g/mol. The van der Waals surface area contributed by atoms with Crippen LogP contribution in [0.5, 0.6) is 5.75 Å². The number of hydrogen-bond donors (Lipinski definition) is 1. The second-order valence-electron chi connectivity index (χ2n) is 5.48. The topological polar surface area (TPSA) is 64.1 Å². The Bertz CT molecular complexity index is 679. The predicted molar refractivity (Wildman–Crippen MR) is 96.4 cm³/mol. The van der Waals surface area contributed by atoms with E-state index in [0.717, 1.165) is 33.4 Å². The number of aromatic nitrogens is 2. The third-order valence-corrected chi connectivity index (χ3v) is 4.38. The number of thioether (sulfide) groups is 1. The van der Waals surface area contributed by atoms with Gasteiger partial charge in [0.15, 0.2) is 5.16 Å². The normalized spacial score (nSPS) is 10.5. The van der Waals surface area contributed by atoms with Gasteiger partial charge < -0.3 is 10.1 Å². The zero-order valence-corrected chi connectivity index (χ0v) is 15.4. The van der Waals surface area contributed by atoms with Gasteiger partial charge in [0.25, 0.3) is 0 Å².